The summed E-state index contributed by atoms with van der Waals surface area (Å²) in [6.07, 6.45) is 3.11. The molecule has 3 nitrogen and oxygen atoms in total. The first-order chi connectivity index (χ1) is 6.38. The second-order valence-electron chi connectivity index (χ2n) is 3.73. The number of benzene rings is 1. The van der Waals surface area contributed by atoms with Crippen LogP contribution < -0.4 is 0 Å². The summed E-state index contributed by atoms with van der Waals surface area (Å²) in [7, 11) is 0. The van der Waals surface area contributed by atoms with Gasteiger partial charge in [0.2, 0.25) is 0 Å². The zero-order valence-corrected chi connectivity index (χ0v) is 8.23. The molecule has 0 saturated heterocycles. The lowest BCUT2D eigenvalue weighted by Crippen LogP contribution is -2.13. The third-order valence-corrected chi connectivity index (χ3v) is 1.68. The summed E-state index contributed by atoms with van der Waals surface area (Å²) in [5.74, 6) is 0.154. The number of hydrogen-bond acceptors (Lipinski definition) is 3. The predicted octanol–water partition coefficient (Wildman–Crippen LogP) is 1.88. The monoisotopic (exact) mass is 194 g/mol. The van der Waals surface area contributed by atoms with Crippen LogP contribution in [0.5, 0.6) is 11.5 Å². The summed E-state index contributed by atoms with van der Waals surface area (Å²) in [4.78, 5) is 0. The number of aromatic hydroxyl groups is 2. The third kappa shape index (κ3) is 3.11. The van der Waals surface area contributed by atoms with Crippen LogP contribution in [0.1, 0.15) is 19.4 Å². The van der Waals surface area contributed by atoms with E-state index in [4.69, 9.17) is 5.11 Å². The van der Waals surface area contributed by atoms with Crippen molar-refractivity contribution < 1.29 is 15.3 Å². The third-order valence-electron chi connectivity index (χ3n) is 1.68. The largest absolute Gasteiger partial charge is 0.508 e. The van der Waals surface area contributed by atoms with Crippen molar-refractivity contribution in [3.05, 3.63) is 29.8 Å². The van der Waals surface area contributed by atoms with E-state index in [9.17, 15) is 10.2 Å². The molecule has 1 rings (SSSR count). The molecule has 0 aliphatic rings. The van der Waals surface area contributed by atoms with Crippen molar-refractivity contribution in [2.45, 2.75) is 19.4 Å². The molecule has 0 bridgehead atoms. The molecule has 3 N–H and O–H groups in total. The lowest BCUT2D eigenvalue weighted by Gasteiger charge is -2.10. The number of phenols is 2. The van der Waals surface area contributed by atoms with Gasteiger partial charge in [0.05, 0.1) is 5.60 Å². The van der Waals surface area contributed by atoms with Crippen molar-refractivity contribution in [1.82, 2.24) is 0 Å². The summed E-state index contributed by atoms with van der Waals surface area (Å²) in [5, 5.41) is 28.0. The van der Waals surface area contributed by atoms with Gasteiger partial charge < -0.3 is 15.3 Å². The zero-order chi connectivity index (χ0) is 10.8. The zero-order valence-electron chi connectivity index (χ0n) is 8.23. The molecule has 0 heterocycles. The minimum absolute atomic E-state index is 0.0725. The maximum Gasteiger partial charge on any atom is 0.123 e. The van der Waals surface area contributed by atoms with Crippen LogP contribution in [0.25, 0.3) is 6.08 Å². The second kappa shape index (κ2) is 3.72. The minimum Gasteiger partial charge on any atom is -0.508 e. The van der Waals surface area contributed by atoms with Crippen LogP contribution in [0.2, 0.25) is 0 Å². The Hall–Kier alpha value is -1.48. The Bertz CT molecular complexity index is 348. The Kier molecular flexibility index (Phi) is 2.81. The number of aliphatic hydroxyl groups is 1. The van der Waals surface area contributed by atoms with Crippen molar-refractivity contribution in [3.63, 3.8) is 0 Å². The molecule has 0 radical (unpaired) electrons. The lowest BCUT2D eigenvalue weighted by molar-refractivity contribution is 0.134. The predicted molar refractivity (Wildman–Crippen MR) is 55.1 cm³/mol. The highest BCUT2D eigenvalue weighted by Crippen LogP contribution is 2.24. The van der Waals surface area contributed by atoms with Crippen LogP contribution in [-0.4, -0.2) is 20.9 Å². The summed E-state index contributed by atoms with van der Waals surface area (Å²) in [5.41, 5.74) is -0.454. The van der Waals surface area contributed by atoms with Crippen molar-refractivity contribution >= 4 is 6.08 Å². The molecule has 0 aliphatic carbocycles. The van der Waals surface area contributed by atoms with E-state index in [-0.39, 0.29) is 11.5 Å². The minimum atomic E-state index is -0.933. The van der Waals surface area contributed by atoms with E-state index in [1.54, 1.807) is 26.0 Å². The SMILES string of the molecule is CC(C)(O)/C=C/c1cc(O)ccc1O. The normalized spacial score (nSPS) is 12.2. The lowest BCUT2D eigenvalue weighted by atomic mass is 10.1. The fourth-order valence-electron chi connectivity index (χ4n) is 0.969. The average Bonchev–Trinajstić information content (AvgIpc) is 2.05. The quantitative estimate of drug-likeness (QED) is 0.630. The van der Waals surface area contributed by atoms with Gasteiger partial charge in [-0.15, -0.1) is 0 Å². The highest BCUT2D eigenvalue weighted by atomic mass is 16.3. The van der Waals surface area contributed by atoms with Crippen LogP contribution in [-0.2, 0) is 0 Å². The molecule has 1 aromatic carbocycles. The van der Waals surface area contributed by atoms with Gasteiger partial charge >= 0.3 is 0 Å². The molecular weight excluding hydrogens is 180 g/mol. The van der Waals surface area contributed by atoms with Crippen molar-refractivity contribution in [1.29, 1.82) is 0 Å². The summed E-state index contributed by atoms with van der Waals surface area (Å²) < 4.78 is 0. The van der Waals surface area contributed by atoms with Crippen LogP contribution in [0.4, 0.5) is 0 Å². The van der Waals surface area contributed by atoms with Gasteiger partial charge in [-0.1, -0.05) is 12.2 Å². The van der Waals surface area contributed by atoms with Gasteiger partial charge in [-0.2, -0.15) is 0 Å². The molecule has 1 aromatic rings. The fourth-order valence-corrected chi connectivity index (χ4v) is 0.969. The number of phenolic OH excluding ortho intramolecular Hbond substituents is 2. The van der Waals surface area contributed by atoms with E-state index in [1.165, 1.54) is 18.2 Å². The van der Waals surface area contributed by atoms with Crippen LogP contribution in [0, 0.1) is 0 Å². The number of hydrogen-bond donors (Lipinski definition) is 3. The standard InChI is InChI=1S/C11H14O3/c1-11(2,14)6-5-8-7-9(12)3-4-10(8)13/h3-7,12-14H,1-2H3/b6-5+. The van der Waals surface area contributed by atoms with Crippen molar-refractivity contribution in [3.8, 4) is 11.5 Å². The smallest absolute Gasteiger partial charge is 0.123 e. The van der Waals surface area contributed by atoms with E-state index < -0.39 is 5.60 Å². The van der Waals surface area contributed by atoms with E-state index in [1.807, 2.05) is 0 Å². The molecule has 0 amide bonds. The molecule has 14 heavy (non-hydrogen) atoms. The molecule has 0 aliphatic heterocycles. The maximum atomic E-state index is 9.41. The van der Waals surface area contributed by atoms with Crippen molar-refractivity contribution in [2.24, 2.45) is 0 Å². The molecule has 0 spiro atoms. The van der Waals surface area contributed by atoms with Crippen LogP contribution in [0.15, 0.2) is 24.3 Å². The number of rotatable bonds is 2. The molecule has 0 atom stereocenters. The van der Waals surface area contributed by atoms with E-state index in [0.29, 0.717) is 5.56 Å². The van der Waals surface area contributed by atoms with E-state index >= 15 is 0 Å². The molecule has 0 saturated carbocycles. The Morgan fingerprint density at radius 1 is 1.21 bits per heavy atom. The first kappa shape index (κ1) is 10.6. The van der Waals surface area contributed by atoms with Gasteiger partial charge in [-0.05, 0) is 32.0 Å². The molecule has 76 valence electrons. The van der Waals surface area contributed by atoms with Gasteiger partial charge in [0, 0.05) is 5.56 Å². The van der Waals surface area contributed by atoms with Crippen molar-refractivity contribution in [2.75, 3.05) is 0 Å². The summed E-state index contributed by atoms with van der Waals surface area (Å²) >= 11 is 0. The summed E-state index contributed by atoms with van der Waals surface area (Å²) in [6, 6.07) is 4.23. The molecule has 3 heteroatoms. The van der Waals surface area contributed by atoms with Crippen LogP contribution >= 0.6 is 0 Å². The highest BCUT2D eigenvalue weighted by molar-refractivity contribution is 5.59. The molecule has 0 unspecified atom stereocenters. The molecular formula is C11H14O3. The fraction of sp³-hybridized carbons (Fsp3) is 0.273. The second-order valence-corrected chi connectivity index (χ2v) is 3.73. The Morgan fingerprint density at radius 2 is 1.86 bits per heavy atom. The highest BCUT2D eigenvalue weighted by Gasteiger charge is 2.07. The van der Waals surface area contributed by atoms with E-state index in [0.717, 1.165) is 0 Å². The molecule has 0 fully saturated rings. The Labute approximate surface area is 82.9 Å². The van der Waals surface area contributed by atoms with Gasteiger partial charge in [0.15, 0.2) is 0 Å². The van der Waals surface area contributed by atoms with Gasteiger partial charge in [0.25, 0.3) is 0 Å². The first-order valence-electron chi connectivity index (χ1n) is 4.32. The first-order valence-corrected chi connectivity index (χ1v) is 4.32. The topological polar surface area (TPSA) is 60.7 Å². The van der Waals surface area contributed by atoms with Gasteiger partial charge in [0.1, 0.15) is 11.5 Å². The molecule has 0 aromatic heterocycles. The Balaban J connectivity index is 2.97. The Morgan fingerprint density at radius 3 is 2.43 bits per heavy atom. The van der Waals surface area contributed by atoms with Gasteiger partial charge in [-0.3, -0.25) is 0 Å². The summed E-state index contributed by atoms with van der Waals surface area (Å²) in [6.45, 7) is 3.26. The van der Waals surface area contributed by atoms with Crippen LogP contribution in [0.3, 0.4) is 0 Å². The van der Waals surface area contributed by atoms with E-state index in [2.05, 4.69) is 0 Å². The maximum absolute atomic E-state index is 9.41. The average molecular weight is 194 g/mol. The van der Waals surface area contributed by atoms with Gasteiger partial charge in [-0.25, -0.2) is 0 Å².